The van der Waals surface area contributed by atoms with E-state index in [1.807, 2.05) is 0 Å². The highest BCUT2D eigenvalue weighted by molar-refractivity contribution is 6.12. The molecule has 0 radical (unpaired) electrons. The Morgan fingerprint density at radius 2 is 0.940 bits per heavy atom. The van der Waals surface area contributed by atoms with Crippen LogP contribution in [0.4, 0.5) is 17.1 Å². The van der Waals surface area contributed by atoms with Gasteiger partial charge < -0.3 is 9.47 Å². The maximum absolute atomic E-state index is 2.50. The average Bonchev–Trinajstić information content (AvgIpc) is 3.49. The van der Waals surface area contributed by atoms with Crippen molar-refractivity contribution >= 4 is 38.9 Å². The first-order valence-electron chi connectivity index (χ1n) is 17.7. The van der Waals surface area contributed by atoms with Crippen LogP contribution in [0.2, 0.25) is 0 Å². The van der Waals surface area contributed by atoms with Crippen molar-refractivity contribution in [1.82, 2.24) is 4.57 Å². The molecule has 0 spiro atoms. The molecule has 50 heavy (non-hydrogen) atoms. The second-order valence-corrected chi connectivity index (χ2v) is 15.0. The summed E-state index contributed by atoms with van der Waals surface area (Å²) >= 11 is 0. The van der Waals surface area contributed by atoms with Crippen LogP contribution in [0, 0.1) is 0 Å². The molecule has 2 nitrogen and oxygen atoms in total. The van der Waals surface area contributed by atoms with Gasteiger partial charge in [0, 0.05) is 27.3 Å². The van der Waals surface area contributed by atoms with Gasteiger partial charge >= 0.3 is 0 Å². The van der Waals surface area contributed by atoms with E-state index in [0.29, 0.717) is 0 Å². The Labute approximate surface area is 293 Å². The van der Waals surface area contributed by atoms with Crippen molar-refractivity contribution < 1.29 is 0 Å². The molecule has 0 saturated carbocycles. The van der Waals surface area contributed by atoms with Crippen LogP contribution in [0.15, 0.2) is 158 Å². The molecule has 0 amide bonds. The zero-order valence-electron chi connectivity index (χ0n) is 28.9. The Kier molecular flexibility index (Phi) is 6.01. The lowest BCUT2D eigenvalue weighted by Crippen LogP contribution is -2.30. The van der Waals surface area contributed by atoms with Crippen molar-refractivity contribution in [1.29, 1.82) is 0 Å². The van der Waals surface area contributed by atoms with Crippen molar-refractivity contribution in [2.24, 2.45) is 0 Å². The Balaban J connectivity index is 1.13. The molecule has 7 aromatic carbocycles. The highest BCUT2D eigenvalue weighted by atomic mass is 15.2. The molecule has 1 aromatic heterocycles. The molecule has 240 valence electrons. The third-order valence-electron chi connectivity index (χ3n) is 11.6. The predicted octanol–water partition coefficient (Wildman–Crippen LogP) is 12.9. The first-order chi connectivity index (χ1) is 24.3. The lowest BCUT2D eigenvalue weighted by atomic mass is 9.73. The normalized spacial score (nSPS) is 15.1. The number of fused-ring (bicyclic) bond motifs is 7. The van der Waals surface area contributed by atoms with Gasteiger partial charge in [-0.2, -0.15) is 0 Å². The van der Waals surface area contributed by atoms with Gasteiger partial charge in [-0.25, -0.2) is 0 Å². The molecular formula is C48H38N2. The van der Waals surface area contributed by atoms with E-state index in [1.165, 1.54) is 89.1 Å². The minimum Gasteiger partial charge on any atom is -0.310 e. The average molecular weight is 643 g/mol. The maximum atomic E-state index is 2.50. The number of anilines is 3. The largest absolute Gasteiger partial charge is 0.310 e. The number of para-hydroxylation sites is 3. The fourth-order valence-corrected chi connectivity index (χ4v) is 8.94. The standard InChI is InChI=1S/C48H38N2/c1-47(2)39-17-9-11-20-44(39)50-42-27-23-33(29-37(42)36-15-12-18-40(47)46(36)50)34-24-28-45-41(30-34)48(3,4)38-16-8-10-19-43(38)49(45)35-25-21-32(22-26-35)31-13-6-5-7-14-31/h5-30H,1-4H3. The van der Waals surface area contributed by atoms with Gasteiger partial charge in [0.15, 0.2) is 0 Å². The second-order valence-electron chi connectivity index (χ2n) is 15.0. The summed E-state index contributed by atoms with van der Waals surface area (Å²) in [5, 5.41) is 2.62. The van der Waals surface area contributed by atoms with Gasteiger partial charge in [-0.15, -0.1) is 0 Å². The zero-order valence-corrected chi connectivity index (χ0v) is 28.9. The number of hydrogen-bond donors (Lipinski definition) is 0. The lowest BCUT2D eigenvalue weighted by molar-refractivity contribution is 0.630. The molecule has 0 unspecified atom stereocenters. The molecule has 0 N–H and O–H groups in total. The molecule has 0 aliphatic carbocycles. The third-order valence-corrected chi connectivity index (χ3v) is 11.6. The Morgan fingerprint density at radius 1 is 0.380 bits per heavy atom. The van der Waals surface area contributed by atoms with Crippen molar-refractivity contribution in [3.05, 3.63) is 180 Å². The Bertz CT molecular complexity index is 2640. The number of benzene rings is 7. The molecule has 0 bridgehead atoms. The van der Waals surface area contributed by atoms with Crippen LogP contribution in [0.25, 0.3) is 49.7 Å². The van der Waals surface area contributed by atoms with Crippen LogP contribution in [0.3, 0.4) is 0 Å². The van der Waals surface area contributed by atoms with E-state index in [1.54, 1.807) is 0 Å². The monoisotopic (exact) mass is 642 g/mol. The lowest BCUT2D eigenvalue weighted by Gasteiger charge is -2.42. The van der Waals surface area contributed by atoms with Gasteiger partial charge in [0.1, 0.15) is 0 Å². The van der Waals surface area contributed by atoms with Crippen LogP contribution in [-0.2, 0) is 10.8 Å². The molecule has 0 atom stereocenters. The molecule has 10 rings (SSSR count). The summed E-state index contributed by atoms with van der Waals surface area (Å²) in [4.78, 5) is 2.45. The van der Waals surface area contributed by atoms with Gasteiger partial charge in [0.25, 0.3) is 0 Å². The minimum absolute atomic E-state index is 0.0720. The molecule has 2 aliphatic rings. The predicted molar refractivity (Wildman–Crippen MR) is 211 cm³/mol. The van der Waals surface area contributed by atoms with E-state index < -0.39 is 0 Å². The smallest absolute Gasteiger partial charge is 0.0582 e. The summed E-state index contributed by atoms with van der Waals surface area (Å²) in [5.74, 6) is 0. The topological polar surface area (TPSA) is 8.17 Å². The van der Waals surface area contributed by atoms with Crippen LogP contribution < -0.4 is 4.90 Å². The maximum Gasteiger partial charge on any atom is 0.0582 e. The van der Waals surface area contributed by atoms with Crippen molar-refractivity contribution in [2.45, 2.75) is 38.5 Å². The van der Waals surface area contributed by atoms with E-state index in [-0.39, 0.29) is 10.8 Å². The molecule has 3 heterocycles. The number of nitrogens with zero attached hydrogens (tertiary/aromatic N) is 2. The van der Waals surface area contributed by atoms with Crippen molar-refractivity contribution in [2.75, 3.05) is 4.90 Å². The third kappa shape index (κ3) is 3.96. The number of aromatic nitrogens is 1. The number of hydrogen-bond acceptors (Lipinski definition) is 1. The van der Waals surface area contributed by atoms with Crippen LogP contribution in [-0.4, -0.2) is 4.57 Å². The SMILES string of the molecule is CC1(C)c2ccccc2N(c2ccc(-c3ccccc3)cc2)c2ccc(-c3ccc4c(c3)c3cccc5c3n4-c3ccccc3C5(C)C)cc21. The quantitative estimate of drug-likeness (QED) is 0.186. The summed E-state index contributed by atoms with van der Waals surface area (Å²) in [6.07, 6.45) is 0. The van der Waals surface area contributed by atoms with Gasteiger partial charge in [-0.1, -0.05) is 137 Å². The van der Waals surface area contributed by atoms with Crippen molar-refractivity contribution in [3.8, 4) is 27.9 Å². The summed E-state index contributed by atoms with van der Waals surface area (Å²) in [7, 11) is 0. The van der Waals surface area contributed by atoms with Gasteiger partial charge in [-0.3, -0.25) is 0 Å². The highest BCUT2D eigenvalue weighted by Gasteiger charge is 2.38. The zero-order chi connectivity index (χ0) is 33.8. The van der Waals surface area contributed by atoms with Crippen LogP contribution >= 0.6 is 0 Å². The summed E-state index contributed by atoms with van der Waals surface area (Å²) in [6, 6.07) is 58.5. The first kappa shape index (κ1) is 29.1. The van der Waals surface area contributed by atoms with E-state index in [4.69, 9.17) is 0 Å². The minimum atomic E-state index is -0.175. The van der Waals surface area contributed by atoms with E-state index in [2.05, 4.69) is 195 Å². The summed E-state index contributed by atoms with van der Waals surface area (Å²) in [5.41, 5.74) is 17.6. The van der Waals surface area contributed by atoms with E-state index in [0.717, 1.165) is 0 Å². The Hall–Kier alpha value is -5.86. The molecule has 0 fully saturated rings. The second kappa shape index (κ2) is 10.3. The molecule has 2 aliphatic heterocycles. The molecule has 2 heteroatoms. The summed E-state index contributed by atoms with van der Waals surface area (Å²) < 4.78 is 2.50. The fourth-order valence-electron chi connectivity index (χ4n) is 8.94. The van der Waals surface area contributed by atoms with Gasteiger partial charge in [0.05, 0.1) is 28.1 Å². The van der Waals surface area contributed by atoms with Crippen LogP contribution in [0.5, 0.6) is 0 Å². The van der Waals surface area contributed by atoms with Crippen LogP contribution in [0.1, 0.15) is 49.9 Å². The molecule has 0 saturated heterocycles. The highest BCUT2D eigenvalue weighted by Crippen LogP contribution is 2.53. The molecule has 8 aromatic rings. The Morgan fingerprint density at radius 3 is 1.72 bits per heavy atom. The fraction of sp³-hybridized carbons (Fsp3) is 0.125. The van der Waals surface area contributed by atoms with E-state index in [9.17, 15) is 0 Å². The molecular weight excluding hydrogens is 605 g/mol. The van der Waals surface area contributed by atoms with Crippen molar-refractivity contribution in [3.63, 3.8) is 0 Å². The number of rotatable bonds is 3. The van der Waals surface area contributed by atoms with Gasteiger partial charge in [-0.05, 0) is 93.0 Å². The first-order valence-corrected chi connectivity index (χ1v) is 17.7. The van der Waals surface area contributed by atoms with Gasteiger partial charge in [0.2, 0.25) is 0 Å². The van der Waals surface area contributed by atoms with E-state index >= 15 is 0 Å². The summed E-state index contributed by atoms with van der Waals surface area (Å²) in [6.45, 7) is 9.47.